The molecule has 0 aromatic heterocycles. The summed E-state index contributed by atoms with van der Waals surface area (Å²) in [6.45, 7) is 14.1. The van der Waals surface area contributed by atoms with Crippen molar-refractivity contribution in [3.63, 3.8) is 0 Å². The molecule has 1 N–H and O–H groups in total. The van der Waals surface area contributed by atoms with Gasteiger partial charge in [-0.05, 0) is 58.1 Å². The Balaban J connectivity index is 2.10. The van der Waals surface area contributed by atoms with E-state index in [1.165, 1.54) is 4.90 Å². The Kier molecular flexibility index (Phi) is 10.5. The third kappa shape index (κ3) is 8.94. The lowest BCUT2D eigenvalue weighted by atomic mass is 9.79. The second kappa shape index (κ2) is 12.5. The molecular weight excluding hydrogens is 486 g/mol. The molecule has 37 heavy (non-hydrogen) atoms. The van der Waals surface area contributed by atoms with Gasteiger partial charge < -0.3 is 24.2 Å². The lowest BCUT2D eigenvalue weighted by molar-refractivity contribution is -0.135. The van der Waals surface area contributed by atoms with Crippen LogP contribution in [0, 0.1) is 0 Å². The zero-order valence-electron chi connectivity index (χ0n) is 24.4. The molecule has 0 saturated heterocycles. The van der Waals surface area contributed by atoms with Crippen LogP contribution in [0.4, 0.5) is 0 Å². The van der Waals surface area contributed by atoms with Crippen LogP contribution < -0.4 is 4.74 Å². The van der Waals surface area contributed by atoms with E-state index in [1.54, 1.807) is 19.1 Å². The molecule has 2 aromatic carbocycles. The third-order valence-corrected chi connectivity index (χ3v) is 8.54. The molecule has 6 nitrogen and oxygen atoms in total. The molecule has 0 radical (unpaired) electrons. The molecule has 0 unspecified atom stereocenters. The maximum Gasteiger partial charge on any atom is 0.248 e. The Morgan fingerprint density at radius 3 is 1.97 bits per heavy atom. The maximum absolute atomic E-state index is 12.3. The number of likely N-dealkylation sites (N-methyl/N-ethyl adjacent to an activating group) is 1. The summed E-state index contributed by atoms with van der Waals surface area (Å²) in [7, 11) is 2.15. The SMILES string of the molecule is COCCOCC(=O)N(C)Cc1ccc(S(C)(C)COc2cc(C(C)(C)C)c(O)c(C(C)(C)C)c2)cc1. The predicted molar refractivity (Wildman–Crippen MR) is 154 cm³/mol. The van der Waals surface area contributed by atoms with Crippen molar-refractivity contribution in [1.82, 2.24) is 4.90 Å². The van der Waals surface area contributed by atoms with Crippen molar-refractivity contribution in [2.75, 3.05) is 52.4 Å². The number of hydrogen-bond acceptors (Lipinski definition) is 5. The molecule has 0 bridgehead atoms. The van der Waals surface area contributed by atoms with Gasteiger partial charge in [-0.1, -0.05) is 53.7 Å². The Morgan fingerprint density at radius 1 is 0.946 bits per heavy atom. The van der Waals surface area contributed by atoms with Crippen LogP contribution in [-0.2, 0) is 31.6 Å². The van der Waals surface area contributed by atoms with Crippen molar-refractivity contribution in [1.29, 1.82) is 0 Å². The molecule has 0 saturated carbocycles. The van der Waals surface area contributed by atoms with Crippen molar-refractivity contribution in [2.24, 2.45) is 0 Å². The van der Waals surface area contributed by atoms with Crippen molar-refractivity contribution in [3.05, 3.63) is 53.1 Å². The predicted octanol–water partition coefficient (Wildman–Crippen LogP) is 6.07. The van der Waals surface area contributed by atoms with Crippen LogP contribution in [0.5, 0.6) is 11.5 Å². The lowest BCUT2D eigenvalue weighted by Gasteiger charge is -2.33. The molecule has 208 valence electrons. The number of aromatic hydroxyl groups is 1. The van der Waals surface area contributed by atoms with E-state index >= 15 is 0 Å². The van der Waals surface area contributed by atoms with Gasteiger partial charge in [0, 0.05) is 31.8 Å². The first-order chi connectivity index (χ1) is 17.1. The van der Waals surface area contributed by atoms with E-state index in [4.69, 9.17) is 14.2 Å². The van der Waals surface area contributed by atoms with Crippen molar-refractivity contribution in [2.45, 2.75) is 63.8 Å². The van der Waals surface area contributed by atoms with E-state index < -0.39 is 10.0 Å². The zero-order valence-corrected chi connectivity index (χ0v) is 25.3. The Morgan fingerprint density at radius 2 is 1.49 bits per heavy atom. The molecule has 0 aliphatic carbocycles. The van der Waals surface area contributed by atoms with Crippen LogP contribution in [0.3, 0.4) is 0 Å². The quantitative estimate of drug-likeness (QED) is 0.355. The number of phenols is 1. The van der Waals surface area contributed by atoms with Crippen LogP contribution in [0.1, 0.15) is 58.2 Å². The summed E-state index contributed by atoms with van der Waals surface area (Å²) < 4.78 is 16.7. The maximum atomic E-state index is 12.3. The second-order valence-corrected chi connectivity index (χ2v) is 15.9. The van der Waals surface area contributed by atoms with Crippen LogP contribution in [0.15, 0.2) is 41.3 Å². The summed E-state index contributed by atoms with van der Waals surface area (Å²) >= 11 is 0. The average molecular weight is 534 g/mol. The minimum Gasteiger partial charge on any atom is -0.507 e. The van der Waals surface area contributed by atoms with Crippen molar-refractivity contribution < 1.29 is 24.1 Å². The van der Waals surface area contributed by atoms with E-state index in [2.05, 4.69) is 78.3 Å². The van der Waals surface area contributed by atoms with E-state index in [1.807, 2.05) is 12.1 Å². The van der Waals surface area contributed by atoms with Crippen LogP contribution in [0.2, 0.25) is 0 Å². The average Bonchev–Trinajstić information content (AvgIpc) is 2.80. The first-order valence-electron chi connectivity index (χ1n) is 12.7. The Labute approximate surface area is 225 Å². The van der Waals surface area contributed by atoms with Crippen LogP contribution >= 0.6 is 10.0 Å². The minimum atomic E-state index is -1.24. The number of methoxy groups -OCH3 is 1. The van der Waals surface area contributed by atoms with Gasteiger partial charge in [0.05, 0.1) is 13.2 Å². The van der Waals surface area contributed by atoms with Gasteiger partial charge in [0.1, 0.15) is 24.0 Å². The zero-order chi connectivity index (χ0) is 28.0. The van der Waals surface area contributed by atoms with Gasteiger partial charge in [-0.15, -0.1) is 0 Å². The monoisotopic (exact) mass is 533 g/mol. The van der Waals surface area contributed by atoms with Gasteiger partial charge in [0.25, 0.3) is 0 Å². The number of ether oxygens (including phenoxy) is 3. The number of carbonyl (C=O) groups excluding carboxylic acids is 1. The fourth-order valence-electron chi connectivity index (χ4n) is 3.86. The van der Waals surface area contributed by atoms with Gasteiger partial charge in [-0.3, -0.25) is 4.79 Å². The smallest absolute Gasteiger partial charge is 0.248 e. The van der Waals surface area contributed by atoms with Gasteiger partial charge in [0.2, 0.25) is 5.91 Å². The van der Waals surface area contributed by atoms with Crippen molar-refractivity contribution in [3.8, 4) is 11.5 Å². The van der Waals surface area contributed by atoms with Gasteiger partial charge in [0.15, 0.2) is 0 Å². The summed E-state index contributed by atoms with van der Waals surface area (Å²) in [5, 5.41) is 11.0. The Bertz CT molecular complexity index is 1000. The summed E-state index contributed by atoms with van der Waals surface area (Å²) in [5.41, 5.74) is 2.46. The standard InChI is InChI=1S/C30H47NO5S/c1-29(2,3)25-17-23(18-26(28(25)33)30(4,5)6)36-21-37(9,10)24-13-11-22(12-14-24)19-31(7)27(32)20-35-16-15-34-8/h11-14,17-18,33H,15-16,19-21H2,1-10H3. The fraction of sp³-hybridized carbons (Fsp3) is 0.567. The summed E-state index contributed by atoms with van der Waals surface area (Å²) in [6.07, 6.45) is 4.48. The van der Waals surface area contributed by atoms with E-state index in [0.29, 0.717) is 31.4 Å². The van der Waals surface area contributed by atoms with E-state index in [9.17, 15) is 9.90 Å². The molecular formula is C30H47NO5S. The van der Waals surface area contributed by atoms with Crippen LogP contribution in [-0.4, -0.2) is 68.3 Å². The molecule has 7 heteroatoms. The third-order valence-electron chi connectivity index (χ3n) is 6.28. The minimum absolute atomic E-state index is 0.0532. The molecule has 0 aliphatic rings. The first-order valence-corrected chi connectivity index (χ1v) is 15.3. The van der Waals surface area contributed by atoms with Crippen molar-refractivity contribution >= 4 is 15.9 Å². The molecule has 0 aliphatic heterocycles. The number of benzene rings is 2. The number of hydrogen-bond donors (Lipinski definition) is 1. The highest BCUT2D eigenvalue weighted by atomic mass is 32.3. The van der Waals surface area contributed by atoms with Gasteiger partial charge in [-0.25, -0.2) is 0 Å². The fourth-order valence-corrected chi connectivity index (χ4v) is 5.30. The number of rotatable bonds is 11. The topological polar surface area (TPSA) is 68.2 Å². The first kappa shape index (κ1) is 31.0. The molecule has 1 amide bonds. The molecule has 0 atom stereocenters. The van der Waals surface area contributed by atoms with Gasteiger partial charge in [-0.2, -0.15) is 10.0 Å². The molecule has 2 aromatic rings. The second-order valence-electron chi connectivity index (χ2n) is 12.1. The summed E-state index contributed by atoms with van der Waals surface area (Å²) in [6, 6.07) is 12.4. The molecule has 0 fully saturated rings. The number of phenolic OH excluding ortho intramolecular Hbond substituents is 1. The van der Waals surface area contributed by atoms with Crippen LogP contribution in [0.25, 0.3) is 0 Å². The number of carbonyl (C=O) groups is 1. The highest BCUT2D eigenvalue weighted by Gasteiger charge is 2.27. The summed E-state index contributed by atoms with van der Waals surface area (Å²) in [4.78, 5) is 15.2. The van der Waals surface area contributed by atoms with E-state index in [0.717, 1.165) is 22.4 Å². The lowest BCUT2D eigenvalue weighted by Crippen LogP contribution is -2.30. The normalized spacial score (nSPS) is 12.9. The highest BCUT2D eigenvalue weighted by Crippen LogP contribution is 2.49. The number of amides is 1. The van der Waals surface area contributed by atoms with Gasteiger partial charge >= 0.3 is 0 Å². The Hall–Kier alpha value is -2.22. The number of nitrogens with zero attached hydrogens (tertiary/aromatic N) is 1. The molecule has 2 rings (SSSR count). The molecule has 0 spiro atoms. The molecule has 0 heterocycles. The highest BCUT2D eigenvalue weighted by molar-refractivity contribution is 8.32. The largest absolute Gasteiger partial charge is 0.507 e. The summed E-state index contributed by atoms with van der Waals surface area (Å²) in [5.74, 6) is 1.66. The van der Waals surface area contributed by atoms with E-state index in [-0.39, 0.29) is 23.3 Å².